The van der Waals surface area contributed by atoms with Gasteiger partial charge in [-0.2, -0.15) is 0 Å². The molecule has 0 unspecified atom stereocenters. The van der Waals surface area contributed by atoms with E-state index in [4.69, 9.17) is 14.2 Å². The second-order valence-corrected chi connectivity index (χ2v) is 11.1. The van der Waals surface area contributed by atoms with Gasteiger partial charge in [-0.3, -0.25) is 4.90 Å². The number of anilines is 1. The van der Waals surface area contributed by atoms with E-state index in [0.29, 0.717) is 37.7 Å². The molecule has 2 amide bonds. The van der Waals surface area contributed by atoms with E-state index in [1.807, 2.05) is 75.1 Å². The molecule has 1 aromatic heterocycles. The Morgan fingerprint density at radius 2 is 1.82 bits per heavy atom. The monoisotopic (exact) mass is 535 g/mol. The average molecular weight is 536 g/mol. The number of ether oxygens (including phenoxy) is 3. The number of aryl methyl sites for hydroxylation is 1. The molecule has 1 saturated heterocycles. The minimum absolute atomic E-state index is 0.0522. The molecular weight excluding hydrogens is 494 g/mol. The number of urea groups is 1. The van der Waals surface area contributed by atoms with Gasteiger partial charge in [0.15, 0.2) is 11.5 Å². The van der Waals surface area contributed by atoms with Crippen molar-refractivity contribution in [2.45, 2.75) is 72.4 Å². The fraction of sp³-hybridized carbons (Fsp3) is 0.484. The first-order chi connectivity index (χ1) is 18.6. The number of aromatic nitrogens is 1. The molecule has 0 spiro atoms. The van der Waals surface area contributed by atoms with Crippen LogP contribution in [0.3, 0.4) is 0 Å². The van der Waals surface area contributed by atoms with Crippen molar-refractivity contribution in [1.29, 1.82) is 0 Å². The number of benzene rings is 2. The van der Waals surface area contributed by atoms with Crippen LogP contribution >= 0.6 is 0 Å². The second kappa shape index (κ2) is 12.0. The van der Waals surface area contributed by atoms with Crippen LogP contribution in [0.5, 0.6) is 11.5 Å². The predicted molar refractivity (Wildman–Crippen MR) is 154 cm³/mol. The third-order valence-electron chi connectivity index (χ3n) is 6.83. The van der Waals surface area contributed by atoms with Gasteiger partial charge >= 0.3 is 12.1 Å². The van der Waals surface area contributed by atoms with Crippen LogP contribution in [0.1, 0.15) is 64.6 Å². The third-order valence-corrected chi connectivity index (χ3v) is 6.83. The normalized spacial score (nSPS) is 14.2. The Bertz CT molecular complexity index is 1320. The average Bonchev–Trinajstić information content (AvgIpc) is 3.23. The van der Waals surface area contributed by atoms with Gasteiger partial charge in [-0.1, -0.05) is 31.9 Å². The molecule has 0 N–H and O–H groups in total. The summed E-state index contributed by atoms with van der Waals surface area (Å²) in [6, 6.07) is 13.5. The fourth-order valence-corrected chi connectivity index (χ4v) is 4.97. The summed E-state index contributed by atoms with van der Waals surface area (Å²) in [7, 11) is 1.63. The van der Waals surface area contributed by atoms with Crippen molar-refractivity contribution < 1.29 is 23.8 Å². The molecule has 8 heteroatoms. The summed E-state index contributed by atoms with van der Waals surface area (Å²) in [6.07, 6.45) is 3.64. The molecule has 39 heavy (non-hydrogen) atoms. The van der Waals surface area contributed by atoms with Crippen molar-refractivity contribution in [2.24, 2.45) is 0 Å². The van der Waals surface area contributed by atoms with Crippen LogP contribution < -0.4 is 14.4 Å². The first-order valence-corrected chi connectivity index (χ1v) is 13.8. The van der Waals surface area contributed by atoms with Gasteiger partial charge in [0.05, 0.1) is 19.2 Å². The minimum atomic E-state index is -0.594. The summed E-state index contributed by atoms with van der Waals surface area (Å²) >= 11 is 0. The summed E-state index contributed by atoms with van der Waals surface area (Å²) in [5.74, 6) is 1.31. The quantitative estimate of drug-likeness (QED) is 0.272. The van der Waals surface area contributed by atoms with Gasteiger partial charge in [0.1, 0.15) is 5.60 Å². The highest BCUT2D eigenvalue weighted by Crippen LogP contribution is 2.34. The molecule has 210 valence electrons. The Labute approximate surface area is 231 Å². The van der Waals surface area contributed by atoms with E-state index in [0.717, 1.165) is 53.5 Å². The first-order valence-electron chi connectivity index (χ1n) is 13.8. The molecule has 3 aromatic rings. The number of carbonyl (C=O) groups is 2. The molecule has 1 aliphatic rings. The maximum absolute atomic E-state index is 13.7. The van der Waals surface area contributed by atoms with Gasteiger partial charge in [0, 0.05) is 42.5 Å². The van der Waals surface area contributed by atoms with Crippen molar-refractivity contribution in [1.82, 2.24) is 9.47 Å². The summed E-state index contributed by atoms with van der Waals surface area (Å²) in [5, 5.41) is 0.943. The van der Waals surface area contributed by atoms with Crippen molar-refractivity contribution in [3.63, 3.8) is 0 Å². The van der Waals surface area contributed by atoms with Gasteiger partial charge in [-0.05, 0) is 70.4 Å². The van der Waals surface area contributed by atoms with Crippen LogP contribution in [-0.4, -0.2) is 54.0 Å². The lowest BCUT2D eigenvalue weighted by Gasteiger charge is -2.36. The largest absolute Gasteiger partial charge is 0.493 e. The number of methoxy groups -OCH3 is 1. The molecule has 0 aliphatic carbocycles. The summed E-state index contributed by atoms with van der Waals surface area (Å²) in [5.41, 5.74) is 2.76. The van der Waals surface area contributed by atoms with Crippen molar-refractivity contribution in [2.75, 3.05) is 31.7 Å². The van der Waals surface area contributed by atoms with Gasteiger partial charge in [-0.25, -0.2) is 14.2 Å². The molecule has 0 atom stereocenters. The van der Waals surface area contributed by atoms with Gasteiger partial charge in [0.2, 0.25) is 0 Å². The van der Waals surface area contributed by atoms with E-state index < -0.39 is 11.7 Å². The maximum Gasteiger partial charge on any atom is 0.419 e. The van der Waals surface area contributed by atoms with Crippen molar-refractivity contribution >= 4 is 28.7 Å². The summed E-state index contributed by atoms with van der Waals surface area (Å²) in [4.78, 5) is 30.3. The molecule has 0 saturated carbocycles. The third kappa shape index (κ3) is 6.49. The number of fused-ring (bicyclic) bond motifs is 1. The molecule has 4 rings (SSSR count). The topological polar surface area (TPSA) is 73.2 Å². The molecular formula is C31H41N3O5. The second-order valence-electron chi connectivity index (χ2n) is 11.1. The summed E-state index contributed by atoms with van der Waals surface area (Å²) < 4.78 is 18.7. The Kier molecular flexibility index (Phi) is 8.73. The minimum Gasteiger partial charge on any atom is -0.493 e. The zero-order valence-electron chi connectivity index (χ0n) is 24.1. The van der Waals surface area contributed by atoms with Gasteiger partial charge < -0.3 is 19.1 Å². The standard InChI is InChI=1S/C31H41N3O5/c1-7-8-9-18-38-28-20-24(14-15-27(28)37-6)33-17-11-16-32(29(33)35)21-23-12-10-13-26-25(23)19-22(2)34(26)30(36)39-31(3,4)5/h10,12-15,19-20H,7-9,11,16-18,21H2,1-6H3. The first kappa shape index (κ1) is 28.3. The Hall–Kier alpha value is -3.68. The van der Waals surface area contributed by atoms with E-state index in [9.17, 15) is 9.59 Å². The highest BCUT2D eigenvalue weighted by molar-refractivity contribution is 5.95. The van der Waals surface area contributed by atoms with Crippen LogP contribution in [-0.2, 0) is 11.3 Å². The predicted octanol–water partition coefficient (Wildman–Crippen LogP) is 7.14. The van der Waals surface area contributed by atoms with Gasteiger partial charge in [-0.15, -0.1) is 0 Å². The maximum atomic E-state index is 13.7. The van der Waals surface area contributed by atoms with Crippen LogP contribution in [0.25, 0.3) is 10.9 Å². The lowest BCUT2D eigenvalue weighted by atomic mass is 10.1. The Morgan fingerprint density at radius 3 is 2.54 bits per heavy atom. The van der Waals surface area contributed by atoms with Crippen LogP contribution in [0, 0.1) is 6.92 Å². The van der Waals surface area contributed by atoms with E-state index >= 15 is 0 Å². The van der Waals surface area contributed by atoms with Crippen molar-refractivity contribution in [3.05, 3.63) is 53.7 Å². The van der Waals surface area contributed by atoms with Crippen molar-refractivity contribution in [3.8, 4) is 11.5 Å². The zero-order valence-corrected chi connectivity index (χ0v) is 24.1. The molecule has 0 bridgehead atoms. The van der Waals surface area contributed by atoms with Gasteiger partial charge in [0.25, 0.3) is 0 Å². The molecule has 0 radical (unpaired) electrons. The van der Waals surface area contributed by atoms with E-state index in [1.54, 1.807) is 16.6 Å². The highest BCUT2D eigenvalue weighted by atomic mass is 16.6. The number of hydrogen-bond donors (Lipinski definition) is 0. The molecule has 1 fully saturated rings. The SMILES string of the molecule is CCCCCOc1cc(N2CCCN(Cc3cccc4c3cc(C)n4C(=O)OC(C)(C)C)C2=O)ccc1OC. The Balaban J connectivity index is 1.56. The lowest BCUT2D eigenvalue weighted by Crippen LogP contribution is -2.49. The van der Waals surface area contributed by atoms with E-state index in [-0.39, 0.29) is 6.03 Å². The number of amides is 2. The van der Waals surface area contributed by atoms with Crippen LogP contribution in [0.4, 0.5) is 15.3 Å². The molecule has 2 heterocycles. The van der Waals surface area contributed by atoms with E-state index in [2.05, 4.69) is 6.92 Å². The lowest BCUT2D eigenvalue weighted by molar-refractivity contribution is 0.0541. The van der Waals surface area contributed by atoms with E-state index in [1.165, 1.54) is 0 Å². The number of rotatable bonds is 9. The smallest absolute Gasteiger partial charge is 0.419 e. The number of hydrogen-bond acceptors (Lipinski definition) is 5. The van der Waals surface area contributed by atoms with Crippen LogP contribution in [0.15, 0.2) is 42.5 Å². The number of carbonyl (C=O) groups excluding carboxylic acids is 2. The zero-order chi connectivity index (χ0) is 28.2. The fourth-order valence-electron chi connectivity index (χ4n) is 4.97. The highest BCUT2D eigenvalue weighted by Gasteiger charge is 2.29. The molecule has 2 aromatic carbocycles. The number of nitrogens with zero attached hydrogens (tertiary/aromatic N) is 3. The Morgan fingerprint density at radius 1 is 1.03 bits per heavy atom. The van der Waals surface area contributed by atoms with Crippen LogP contribution in [0.2, 0.25) is 0 Å². The molecule has 1 aliphatic heterocycles. The number of unbranched alkanes of at least 4 members (excludes halogenated alkanes) is 2. The summed E-state index contributed by atoms with van der Waals surface area (Å²) in [6.45, 7) is 12.0. The molecule has 8 nitrogen and oxygen atoms in total.